The average molecular weight is 382 g/mol. The summed E-state index contributed by atoms with van der Waals surface area (Å²) in [6.07, 6.45) is 1.80. The molecular formula is C21H26N4O3. The zero-order valence-corrected chi connectivity index (χ0v) is 16.4. The van der Waals surface area contributed by atoms with Gasteiger partial charge in [0.05, 0.1) is 12.7 Å². The molecule has 0 atom stereocenters. The Morgan fingerprint density at radius 3 is 2.50 bits per heavy atom. The Morgan fingerprint density at radius 1 is 1.11 bits per heavy atom. The second-order valence-electron chi connectivity index (χ2n) is 6.70. The van der Waals surface area contributed by atoms with Gasteiger partial charge in [0, 0.05) is 44.5 Å². The number of rotatable bonds is 6. The molecule has 148 valence electrons. The van der Waals surface area contributed by atoms with Gasteiger partial charge in [-0.3, -0.25) is 4.79 Å². The first kappa shape index (κ1) is 19.8. The molecule has 7 nitrogen and oxygen atoms in total. The van der Waals surface area contributed by atoms with Crippen LogP contribution in [0.3, 0.4) is 0 Å². The van der Waals surface area contributed by atoms with E-state index in [1.54, 1.807) is 24.4 Å². The van der Waals surface area contributed by atoms with Gasteiger partial charge in [-0.1, -0.05) is 19.1 Å². The summed E-state index contributed by atoms with van der Waals surface area (Å²) in [6.45, 7) is 7.71. The predicted octanol–water partition coefficient (Wildman–Crippen LogP) is 1.94. The second kappa shape index (κ2) is 9.32. The minimum Gasteiger partial charge on any atom is -0.465 e. The van der Waals surface area contributed by atoms with Crippen LogP contribution in [0.15, 0.2) is 42.6 Å². The summed E-state index contributed by atoms with van der Waals surface area (Å²) in [5.74, 6) is 0.260. The number of likely N-dealkylation sites (N-methyl/N-ethyl adjacent to an activating group) is 1. The molecule has 1 saturated heterocycles. The largest absolute Gasteiger partial charge is 0.465 e. The topological polar surface area (TPSA) is 74.8 Å². The Labute approximate surface area is 165 Å². The van der Waals surface area contributed by atoms with Gasteiger partial charge in [-0.25, -0.2) is 9.78 Å². The summed E-state index contributed by atoms with van der Waals surface area (Å²) in [5, 5.41) is 2.86. The zero-order valence-electron chi connectivity index (χ0n) is 16.4. The zero-order chi connectivity index (χ0) is 19.9. The van der Waals surface area contributed by atoms with Gasteiger partial charge in [-0.15, -0.1) is 0 Å². The maximum atomic E-state index is 12.4. The number of nitrogens with one attached hydrogen (secondary N) is 1. The number of esters is 1. The number of pyridine rings is 1. The molecule has 0 aliphatic carbocycles. The van der Waals surface area contributed by atoms with E-state index in [0.29, 0.717) is 17.7 Å². The van der Waals surface area contributed by atoms with Crippen LogP contribution in [0.1, 0.15) is 33.2 Å². The third-order valence-electron chi connectivity index (χ3n) is 4.95. The number of methoxy groups -OCH3 is 1. The van der Waals surface area contributed by atoms with Gasteiger partial charge < -0.3 is 19.9 Å². The van der Waals surface area contributed by atoms with Crippen LogP contribution in [-0.2, 0) is 11.3 Å². The summed E-state index contributed by atoms with van der Waals surface area (Å²) in [4.78, 5) is 33.2. The molecule has 1 amide bonds. The predicted molar refractivity (Wildman–Crippen MR) is 108 cm³/mol. The Kier molecular flexibility index (Phi) is 6.60. The number of benzene rings is 1. The molecule has 1 aliphatic rings. The van der Waals surface area contributed by atoms with E-state index in [9.17, 15) is 9.59 Å². The molecule has 0 bridgehead atoms. The number of ether oxygens (including phenoxy) is 1. The third-order valence-corrected chi connectivity index (χ3v) is 4.95. The normalized spacial score (nSPS) is 14.6. The molecule has 1 N–H and O–H groups in total. The highest BCUT2D eigenvalue weighted by Crippen LogP contribution is 2.14. The molecule has 2 aromatic rings. The van der Waals surface area contributed by atoms with Crippen molar-refractivity contribution in [3.8, 4) is 0 Å². The van der Waals surface area contributed by atoms with E-state index in [1.165, 1.54) is 13.2 Å². The van der Waals surface area contributed by atoms with E-state index in [0.717, 1.165) is 44.1 Å². The standard InChI is InChI=1S/C21H26N4O3/c1-3-24-9-11-25(12-10-24)19-8-7-16(14-22-19)15-23-20(26)17-5-4-6-18(13-17)21(27)28-2/h4-8,13-14H,3,9-12,15H2,1-2H3,(H,23,26). The van der Waals surface area contributed by atoms with Gasteiger partial charge in [0.25, 0.3) is 5.91 Å². The van der Waals surface area contributed by atoms with Crippen molar-refractivity contribution in [2.24, 2.45) is 0 Å². The molecule has 1 aromatic carbocycles. The van der Waals surface area contributed by atoms with Gasteiger partial charge in [0.15, 0.2) is 0 Å². The van der Waals surface area contributed by atoms with Crippen LogP contribution in [0.5, 0.6) is 0 Å². The first-order chi connectivity index (χ1) is 13.6. The van der Waals surface area contributed by atoms with E-state index in [4.69, 9.17) is 0 Å². The Morgan fingerprint density at radius 2 is 1.86 bits per heavy atom. The lowest BCUT2D eigenvalue weighted by Gasteiger charge is -2.34. The van der Waals surface area contributed by atoms with Crippen molar-refractivity contribution in [3.05, 3.63) is 59.3 Å². The SMILES string of the molecule is CCN1CCN(c2ccc(CNC(=O)c3cccc(C(=O)OC)c3)cn2)CC1. The van der Waals surface area contributed by atoms with Crippen LogP contribution in [0.25, 0.3) is 0 Å². The van der Waals surface area contributed by atoms with Crippen molar-refractivity contribution < 1.29 is 14.3 Å². The first-order valence-electron chi connectivity index (χ1n) is 9.49. The number of hydrogen-bond donors (Lipinski definition) is 1. The van der Waals surface area contributed by atoms with Crippen LogP contribution in [0.4, 0.5) is 5.82 Å². The average Bonchev–Trinajstić information content (AvgIpc) is 2.77. The lowest BCUT2D eigenvalue weighted by molar-refractivity contribution is 0.0600. The maximum absolute atomic E-state index is 12.4. The van der Waals surface area contributed by atoms with Gasteiger partial charge in [0.1, 0.15) is 5.82 Å². The Bertz CT molecular complexity index is 815. The monoisotopic (exact) mass is 382 g/mol. The van der Waals surface area contributed by atoms with Crippen molar-refractivity contribution in [1.82, 2.24) is 15.2 Å². The van der Waals surface area contributed by atoms with Crippen LogP contribution < -0.4 is 10.2 Å². The molecule has 28 heavy (non-hydrogen) atoms. The molecule has 0 spiro atoms. The quantitative estimate of drug-likeness (QED) is 0.770. The lowest BCUT2D eigenvalue weighted by Crippen LogP contribution is -2.46. The number of carbonyl (C=O) groups is 2. The molecule has 1 aliphatic heterocycles. The minimum absolute atomic E-state index is 0.245. The summed E-state index contributed by atoms with van der Waals surface area (Å²) < 4.78 is 4.69. The van der Waals surface area contributed by atoms with Crippen molar-refractivity contribution >= 4 is 17.7 Å². The third kappa shape index (κ3) is 4.86. The van der Waals surface area contributed by atoms with Crippen LogP contribution in [0, 0.1) is 0 Å². The van der Waals surface area contributed by atoms with E-state index < -0.39 is 5.97 Å². The molecule has 0 unspecified atom stereocenters. The highest BCUT2D eigenvalue weighted by Gasteiger charge is 2.16. The van der Waals surface area contributed by atoms with E-state index in [2.05, 4.69) is 31.8 Å². The molecule has 0 saturated carbocycles. The fourth-order valence-electron chi connectivity index (χ4n) is 3.19. The molecule has 1 fully saturated rings. The molecule has 7 heteroatoms. The van der Waals surface area contributed by atoms with Crippen LogP contribution >= 0.6 is 0 Å². The number of carbonyl (C=O) groups excluding carboxylic acids is 2. The molecule has 1 aromatic heterocycles. The molecule has 0 radical (unpaired) electrons. The molecular weight excluding hydrogens is 356 g/mol. The van der Waals surface area contributed by atoms with Crippen LogP contribution in [-0.4, -0.2) is 61.6 Å². The van der Waals surface area contributed by atoms with Gasteiger partial charge in [-0.2, -0.15) is 0 Å². The highest BCUT2D eigenvalue weighted by atomic mass is 16.5. The van der Waals surface area contributed by atoms with Gasteiger partial charge in [-0.05, 0) is 36.4 Å². The molecule has 2 heterocycles. The fraction of sp³-hybridized carbons (Fsp3) is 0.381. The number of piperazine rings is 1. The molecule has 3 rings (SSSR count). The Hall–Kier alpha value is -2.93. The number of nitrogens with zero attached hydrogens (tertiary/aromatic N) is 3. The van der Waals surface area contributed by atoms with Crippen molar-refractivity contribution in [1.29, 1.82) is 0 Å². The number of aromatic nitrogens is 1. The van der Waals surface area contributed by atoms with E-state index >= 15 is 0 Å². The summed E-state index contributed by atoms with van der Waals surface area (Å²) in [7, 11) is 1.31. The maximum Gasteiger partial charge on any atom is 0.337 e. The summed E-state index contributed by atoms with van der Waals surface area (Å²) in [5.41, 5.74) is 1.69. The van der Waals surface area contributed by atoms with Crippen LogP contribution in [0.2, 0.25) is 0 Å². The number of anilines is 1. The van der Waals surface area contributed by atoms with Gasteiger partial charge >= 0.3 is 5.97 Å². The lowest BCUT2D eigenvalue weighted by atomic mass is 10.1. The van der Waals surface area contributed by atoms with Crippen molar-refractivity contribution in [2.45, 2.75) is 13.5 Å². The fourth-order valence-corrected chi connectivity index (χ4v) is 3.19. The number of hydrogen-bond acceptors (Lipinski definition) is 6. The summed E-state index contributed by atoms with van der Waals surface area (Å²) in [6, 6.07) is 10.5. The Balaban J connectivity index is 1.55. The van der Waals surface area contributed by atoms with Crippen molar-refractivity contribution in [3.63, 3.8) is 0 Å². The first-order valence-corrected chi connectivity index (χ1v) is 9.49. The van der Waals surface area contributed by atoms with E-state index in [-0.39, 0.29) is 5.91 Å². The smallest absolute Gasteiger partial charge is 0.337 e. The second-order valence-corrected chi connectivity index (χ2v) is 6.70. The van der Waals surface area contributed by atoms with E-state index in [1.807, 2.05) is 12.1 Å². The minimum atomic E-state index is -0.464. The highest BCUT2D eigenvalue weighted by molar-refractivity contribution is 5.97. The van der Waals surface area contributed by atoms with Crippen molar-refractivity contribution in [2.75, 3.05) is 44.7 Å². The summed E-state index contributed by atoms with van der Waals surface area (Å²) >= 11 is 0. The number of amides is 1. The van der Waals surface area contributed by atoms with Gasteiger partial charge in [0.2, 0.25) is 0 Å².